The normalized spacial score (nSPS) is 30.4. The molecule has 2 aromatic carbocycles. The Bertz CT molecular complexity index is 2540. The molecule has 2 heterocycles. The summed E-state index contributed by atoms with van der Waals surface area (Å²) in [7, 11) is 0. The number of ketones is 1. The molecule has 67 heavy (non-hydrogen) atoms. The van der Waals surface area contributed by atoms with Crippen molar-refractivity contribution in [1.82, 2.24) is 15.3 Å². The van der Waals surface area contributed by atoms with E-state index in [0.29, 0.717) is 11.8 Å². The number of rotatable bonds is 8. The number of H-pyrrole nitrogens is 2. The number of aromatic nitrogens is 2. The van der Waals surface area contributed by atoms with E-state index in [0.717, 1.165) is 6.92 Å². The lowest BCUT2D eigenvalue weighted by Gasteiger charge is -2.67. The van der Waals surface area contributed by atoms with Gasteiger partial charge in [-0.1, -0.05) is 62.4 Å². The molecular weight excluding hydrogens is 882 g/mol. The number of hydrogen-bond acceptors (Lipinski definition) is 16. The van der Waals surface area contributed by atoms with Gasteiger partial charge in [0, 0.05) is 31.4 Å². The van der Waals surface area contributed by atoms with E-state index in [9.17, 15) is 58.4 Å². The zero-order valence-electron chi connectivity index (χ0n) is 38.2. The molecule has 7 N–H and O–H groups in total. The maximum Gasteiger partial charge on any atom is 0.408 e. The fourth-order valence-corrected chi connectivity index (χ4v) is 9.95. The van der Waals surface area contributed by atoms with Gasteiger partial charge in [-0.15, -0.1) is 0 Å². The average Bonchev–Trinajstić information content (AvgIpc) is 3.25. The summed E-state index contributed by atoms with van der Waals surface area (Å²) in [6, 6.07) is 14.6. The average molecular weight is 938 g/mol. The predicted octanol–water partition coefficient (Wildman–Crippen LogP) is 2.46. The molecule has 0 spiro atoms. The van der Waals surface area contributed by atoms with Gasteiger partial charge in [-0.25, -0.2) is 19.2 Å². The number of Topliss-reactive ketones (excluding diaryl/α,β-unsaturated/α-hetero) is 1. The van der Waals surface area contributed by atoms with Crippen LogP contribution < -0.4 is 16.6 Å². The Morgan fingerprint density at radius 2 is 1.57 bits per heavy atom. The molecule has 4 aliphatic rings. The summed E-state index contributed by atoms with van der Waals surface area (Å²) in [5, 5.41) is 51.6. The van der Waals surface area contributed by atoms with E-state index in [1.165, 1.54) is 26.0 Å². The van der Waals surface area contributed by atoms with Crippen molar-refractivity contribution in [3.8, 4) is 0 Å². The summed E-state index contributed by atoms with van der Waals surface area (Å²) in [6.45, 7) is 11.8. The van der Waals surface area contributed by atoms with E-state index >= 15 is 0 Å². The zero-order chi connectivity index (χ0) is 49.6. The number of halogens is 1. The van der Waals surface area contributed by atoms with Gasteiger partial charge in [-0.05, 0) is 63.5 Å². The standard InChI is InChI=1S/C43H53NO14.C4H3FN2O2/c1-22-26(55-37(51)32(48)30(24-15-11-9-12-16-24)44-38(52)58-39(3,4)5)20-43(53)35(56-36(50)25-17-13-10-14-18-25)33-41(8,34(49)31(47)29(22)40(43,6)7)27(46)19-28-42(33,21-54-28)57-23(2)45;5-2-1-6-4(9)7-3(2)8/h9-18,26-28,30-33,35,46-48,53H,19-21H2,1-8H3,(H,44,52);1H,(H2,6,7,8,9)/t26-,27-,28+,30-,31+,32+,33-,35-,41+,42-,43+;/m0./s1. The first-order valence-electron chi connectivity index (χ1n) is 21.5. The summed E-state index contributed by atoms with van der Waals surface area (Å²) in [5.74, 6) is -6.35. The Hall–Kier alpha value is -6.06. The number of fused-ring (bicyclic) bond motifs is 5. The van der Waals surface area contributed by atoms with Crippen LogP contribution in [0.3, 0.4) is 0 Å². The lowest BCUT2D eigenvalue weighted by atomic mass is 9.44. The first kappa shape index (κ1) is 50.4. The van der Waals surface area contributed by atoms with Gasteiger partial charge in [-0.2, -0.15) is 4.39 Å². The minimum absolute atomic E-state index is 0.0637. The van der Waals surface area contributed by atoms with E-state index < -0.39 is 129 Å². The van der Waals surface area contributed by atoms with Crippen molar-refractivity contribution >= 4 is 29.8 Å². The molecule has 7 rings (SSSR count). The first-order chi connectivity index (χ1) is 31.2. The minimum atomic E-state index is -2.35. The SMILES string of the molecule is CC(=O)O[C@@]12CO[C@@H]1C[C@H](O)[C@@]1(C)C(=O)[C@H](O)C3=C(C)[C@@H](OC(=O)[C@H](O)[C@@H](NC(=O)OC(C)(C)C)c4ccccc4)C[C@@](O)([C@@H](OC(=O)c4ccccc4)[C@H]21)C3(C)C.O=c1[nH]cc(F)c(=O)[nH]1. The van der Waals surface area contributed by atoms with Gasteiger partial charge in [-0.3, -0.25) is 19.4 Å². The molecule has 3 aliphatic carbocycles. The quantitative estimate of drug-likeness (QED) is 0.0970. The Balaban J connectivity index is 0.000000736. The predicted molar refractivity (Wildman–Crippen MR) is 231 cm³/mol. The second-order valence-corrected chi connectivity index (χ2v) is 19.0. The van der Waals surface area contributed by atoms with Gasteiger partial charge in [0.15, 0.2) is 17.5 Å². The molecule has 3 aromatic rings. The van der Waals surface area contributed by atoms with E-state index in [1.54, 1.807) is 88.1 Å². The van der Waals surface area contributed by atoms with E-state index in [2.05, 4.69) is 5.32 Å². The number of hydrogen-bond donors (Lipinski definition) is 7. The Labute approximate surface area is 383 Å². The molecule has 1 aromatic heterocycles. The van der Waals surface area contributed by atoms with Crippen LogP contribution in [0.15, 0.2) is 87.6 Å². The van der Waals surface area contributed by atoms with E-state index in [4.69, 9.17) is 23.7 Å². The second kappa shape index (κ2) is 18.6. The summed E-state index contributed by atoms with van der Waals surface area (Å²) < 4.78 is 41.5. The van der Waals surface area contributed by atoms with Crippen LogP contribution in [0.5, 0.6) is 0 Å². The lowest BCUT2D eigenvalue weighted by molar-refractivity contribution is -0.346. The number of aliphatic hydroxyl groups excluding tert-OH is 3. The molecule has 11 atom stereocenters. The topological polar surface area (TPSA) is 290 Å². The van der Waals surface area contributed by atoms with Crippen LogP contribution in [0.1, 0.15) is 90.2 Å². The summed E-state index contributed by atoms with van der Waals surface area (Å²) >= 11 is 0. The monoisotopic (exact) mass is 937 g/mol. The highest BCUT2D eigenvalue weighted by atomic mass is 19.1. The molecule has 2 saturated carbocycles. The molecule has 20 heteroatoms. The number of esters is 3. The number of aromatic amines is 2. The maximum absolute atomic E-state index is 14.9. The highest BCUT2D eigenvalue weighted by Crippen LogP contribution is 2.64. The third kappa shape index (κ3) is 9.32. The van der Waals surface area contributed by atoms with Crippen molar-refractivity contribution in [2.45, 2.75) is 128 Å². The number of aliphatic hydroxyl groups is 4. The number of benzene rings is 2. The van der Waals surface area contributed by atoms with E-state index in [-0.39, 0.29) is 29.7 Å². The van der Waals surface area contributed by atoms with Gasteiger partial charge in [0.1, 0.15) is 35.6 Å². The third-order valence-corrected chi connectivity index (χ3v) is 13.3. The molecule has 2 bridgehead atoms. The van der Waals surface area contributed by atoms with Crippen molar-refractivity contribution in [3.05, 3.63) is 116 Å². The first-order valence-corrected chi connectivity index (χ1v) is 21.5. The second-order valence-electron chi connectivity index (χ2n) is 19.0. The van der Waals surface area contributed by atoms with Crippen molar-refractivity contribution in [2.24, 2.45) is 16.7 Å². The summed E-state index contributed by atoms with van der Waals surface area (Å²) in [6.07, 6.45) is -10.8. The number of amides is 1. The fraction of sp³-hybridized carbons (Fsp3) is 0.511. The maximum atomic E-state index is 14.9. The van der Waals surface area contributed by atoms with Crippen LogP contribution in [0, 0.1) is 22.6 Å². The van der Waals surface area contributed by atoms with Gasteiger partial charge in [0.2, 0.25) is 5.82 Å². The molecule has 0 unspecified atom stereocenters. The molecule has 1 aliphatic heterocycles. The number of carbonyl (C=O) groups excluding carboxylic acids is 5. The van der Waals surface area contributed by atoms with Crippen LogP contribution in [0.2, 0.25) is 0 Å². The highest BCUT2D eigenvalue weighted by molar-refractivity contribution is 5.94. The number of nitrogens with one attached hydrogen (secondary N) is 3. The molecule has 1 amide bonds. The number of carbonyl (C=O) groups is 5. The lowest BCUT2D eigenvalue weighted by Crippen LogP contribution is -2.81. The van der Waals surface area contributed by atoms with Crippen LogP contribution in [0.4, 0.5) is 9.18 Å². The van der Waals surface area contributed by atoms with E-state index in [1.807, 2.05) is 4.98 Å². The molecule has 1 saturated heterocycles. The molecule has 362 valence electrons. The van der Waals surface area contributed by atoms with Gasteiger partial charge in [0.05, 0.1) is 35.6 Å². The van der Waals surface area contributed by atoms with Crippen LogP contribution >= 0.6 is 0 Å². The largest absolute Gasteiger partial charge is 0.456 e. The Morgan fingerprint density at radius 1 is 0.955 bits per heavy atom. The Morgan fingerprint density at radius 3 is 2.10 bits per heavy atom. The van der Waals surface area contributed by atoms with Gasteiger partial charge in [0.25, 0.3) is 5.56 Å². The van der Waals surface area contributed by atoms with Crippen LogP contribution in [-0.2, 0) is 38.1 Å². The van der Waals surface area contributed by atoms with Crippen molar-refractivity contribution in [2.75, 3.05) is 6.61 Å². The molecule has 3 fully saturated rings. The van der Waals surface area contributed by atoms with Crippen molar-refractivity contribution < 1.29 is 72.5 Å². The number of alkyl carbamates (subject to hydrolysis) is 1. The smallest absolute Gasteiger partial charge is 0.408 e. The molecular formula is C47H56FN3O16. The fourth-order valence-electron chi connectivity index (χ4n) is 9.95. The number of ether oxygens (including phenoxy) is 5. The molecule has 19 nitrogen and oxygen atoms in total. The van der Waals surface area contributed by atoms with Crippen LogP contribution in [-0.4, -0.2) is 120 Å². The Kier molecular flexibility index (Phi) is 13.9. The van der Waals surface area contributed by atoms with Crippen molar-refractivity contribution in [3.63, 3.8) is 0 Å². The van der Waals surface area contributed by atoms with Gasteiger partial charge >= 0.3 is 29.7 Å². The summed E-state index contributed by atoms with van der Waals surface area (Å²) in [5.41, 5.74) is -9.84. The zero-order valence-corrected chi connectivity index (χ0v) is 38.2. The molecule has 0 radical (unpaired) electrons. The highest BCUT2D eigenvalue weighted by Gasteiger charge is 2.78. The van der Waals surface area contributed by atoms with Crippen molar-refractivity contribution in [1.29, 1.82) is 0 Å². The van der Waals surface area contributed by atoms with Gasteiger partial charge < -0.3 is 54.4 Å². The van der Waals surface area contributed by atoms with Crippen LogP contribution in [0.25, 0.3) is 0 Å². The minimum Gasteiger partial charge on any atom is -0.456 e. The third-order valence-electron chi connectivity index (χ3n) is 13.3. The summed E-state index contributed by atoms with van der Waals surface area (Å²) in [4.78, 5) is 92.9.